The monoisotopic (exact) mass is 371 g/mol. The molecule has 1 saturated heterocycles. The number of amides is 1. The number of piperazine rings is 1. The third-order valence-electron chi connectivity index (χ3n) is 4.99. The zero-order valence-corrected chi connectivity index (χ0v) is 15.5. The second-order valence-electron chi connectivity index (χ2n) is 6.89. The molecule has 136 valence electrons. The summed E-state index contributed by atoms with van der Waals surface area (Å²) in [5.41, 5.74) is 2.95. The van der Waals surface area contributed by atoms with Crippen molar-refractivity contribution in [2.45, 2.75) is 12.5 Å². The lowest BCUT2D eigenvalue weighted by Gasteiger charge is -2.34. The number of nitrogens with one attached hydrogen (secondary N) is 1. The van der Waals surface area contributed by atoms with Gasteiger partial charge in [-0.05, 0) is 55.1 Å². The molecule has 1 fully saturated rings. The molecule has 2 aromatic rings. The summed E-state index contributed by atoms with van der Waals surface area (Å²) in [7, 11) is 2.15. The largest absolute Gasteiger partial charge is 0.480 e. The Morgan fingerprint density at radius 2 is 1.85 bits per heavy atom. The van der Waals surface area contributed by atoms with Gasteiger partial charge >= 0.3 is 0 Å². The standard InChI is InChI=1S/C20H22ClN3O2/c1-23-8-10-24(11-9-23)17-5-3-16(4-6-17)22-20(25)19-13-14-12-15(21)2-7-18(14)26-19/h2-7,12,19H,8-11,13H2,1H3,(H,22,25). The molecule has 4 rings (SSSR count). The summed E-state index contributed by atoms with van der Waals surface area (Å²) in [6.45, 7) is 4.20. The van der Waals surface area contributed by atoms with Gasteiger partial charge in [-0.25, -0.2) is 0 Å². The van der Waals surface area contributed by atoms with Gasteiger partial charge in [0.1, 0.15) is 5.75 Å². The Labute approximate surface area is 158 Å². The summed E-state index contributed by atoms with van der Waals surface area (Å²) in [5.74, 6) is 0.602. The molecule has 2 aromatic carbocycles. The fourth-order valence-corrected chi connectivity index (χ4v) is 3.60. The van der Waals surface area contributed by atoms with Crippen LogP contribution in [0.4, 0.5) is 11.4 Å². The molecule has 6 heteroatoms. The molecule has 1 amide bonds. The van der Waals surface area contributed by atoms with Crippen LogP contribution in [0.3, 0.4) is 0 Å². The molecule has 2 heterocycles. The first-order valence-corrected chi connectivity index (χ1v) is 9.26. The molecule has 0 spiro atoms. The molecular formula is C20H22ClN3O2. The Kier molecular flexibility index (Phi) is 4.74. The Morgan fingerprint density at radius 3 is 2.58 bits per heavy atom. The Bertz CT molecular complexity index is 801. The third kappa shape index (κ3) is 3.64. The molecule has 0 aliphatic carbocycles. The smallest absolute Gasteiger partial charge is 0.265 e. The van der Waals surface area contributed by atoms with Gasteiger partial charge in [0, 0.05) is 49.0 Å². The number of likely N-dealkylation sites (N-methyl/N-ethyl adjacent to an activating group) is 1. The number of fused-ring (bicyclic) bond motifs is 1. The molecule has 0 saturated carbocycles. The van der Waals surface area contributed by atoms with Gasteiger partial charge in [-0.15, -0.1) is 0 Å². The van der Waals surface area contributed by atoms with E-state index in [-0.39, 0.29) is 5.91 Å². The highest BCUT2D eigenvalue weighted by Gasteiger charge is 2.29. The van der Waals surface area contributed by atoms with Crippen molar-refractivity contribution >= 4 is 28.9 Å². The van der Waals surface area contributed by atoms with Gasteiger partial charge in [0.2, 0.25) is 0 Å². The normalized spacial score (nSPS) is 19.8. The quantitative estimate of drug-likeness (QED) is 0.900. The van der Waals surface area contributed by atoms with Gasteiger partial charge < -0.3 is 19.9 Å². The van der Waals surface area contributed by atoms with Crippen LogP contribution in [0, 0.1) is 0 Å². The van der Waals surface area contributed by atoms with Gasteiger partial charge in [0.15, 0.2) is 6.10 Å². The van der Waals surface area contributed by atoms with Crippen LogP contribution in [0.2, 0.25) is 5.02 Å². The van der Waals surface area contributed by atoms with E-state index in [0.717, 1.165) is 43.2 Å². The third-order valence-corrected chi connectivity index (χ3v) is 5.23. The predicted octanol–water partition coefficient (Wildman–Crippen LogP) is 3.03. The van der Waals surface area contributed by atoms with Crippen molar-refractivity contribution in [3.8, 4) is 5.75 Å². The van der Waals surface area contributed by atoms with E-state index in [1.807, 2.05) is 24.3 Å². The zero-order chi connectivity index (χ0) is 18.1. The number of carbonyl (C=O) groups is 1. The van der Waals surface area contributed by atoms with E-state index in [1.165, 1.54) is 5.69 Å². The van der Waals surface area contributed by atoms with Crippen molar-refractivity contribution in [2.24, 2.45) is 0 Å². The maximum Gasteiger partial charge on any atom is 0.265 e. The minimum absolute atomic E-state index is 0.135. The topological polar surface area (TPSA) is 44.8 Å². The Hall–Kier alpha value is -2.24. The summed E-state index contributed by atoms with van der Waals surface area (Å²) in [6.07, 6.45) is 0.0296. The van der Waals surface area contributed by atoms with Crippen LogP contribution in [0.15, 0.2) is 42.5 Å². The molecular weight excluding hydrogens is 350 g/mol. The highest BCUT2D eigenvalue weighted by atomic mass is 35.5. The van der Waals surface area contributed by atoms with E-state index in [1.54, 1.807) is 6.07 Å². The minimum Gasteiger partial charge on any atom is -0.480 e. The van der Waals surface area contributed by atoms with Crippen molar-refractivity contribution < 1.29 is 9.53 Å². The van der Waals surface area contributed by atoms with Crippen molar-refractivity contribution in [3.05, 3.63) is 53.1 Å². The highest BCUT2D eigenvalue weighted by molar-refractivity contribution is 6.30. The van der Waals surface area contributed by atoms with Gasteiger partial charge in [0.05, 0.1) is 0 Å². The van der Waals surface area contributed by atoms with Crippen LogP contribution < -0.4 is 15.0 Å². The maximum atomic E-state index is 12.5. The van der Waals surface area contributed by atoms with E-state index in [9.17, 15) is 4.79 Å². The SMILES string of the molecule is CN1CCN(c2ccc(NC(=O)C3Cc4cc(Cl)ccc4O3)cc2)CC1. The van der Waals surface area contributed by atoms with Gasteiger partial charge in [-0.1, -0.05) is 11.6 Å². The number of nitrogens with zero attached hydrogens (tertiary/aromatic N) is 2. The first-order chi connectivity index (χ1) is 12.6. The van der Waals surface area contributed by atoms with Gasteiger partial charge in [-0.3, -0.25) is 4.79 Å². The van der Waals surface area contributed by atoms with Crippen LogP contribution >= 0.6 is 11.6 Å². The van der Waals surface area contributed by atoms with Crippen LogP contribution in [-0.4, -0.2) is 50.1 Å². The van der Waals surface area contributed by atoms with Gasteiger partial charge in [0.25, 0.3) is 5.91 Å². The fraction of sp³-hybridized carbons (Fsp3) is 0.350. The number of anilines is 2. The van der Waals surface area contributed by atoms with Crippen molar-refractivity contribution in [2.75, 3.05) is 43.4 Å². The number of halogens is 1. The molecule has 1 unspecified atom stereocenters. The Balaban J connectivity index is 1.36. The number of carbonyl (C=O) groups excluding carboxylic acids is 1. The average Bonchev–Trinajstić information content (AvgIpc) is 3.06. The van der Waals surface area contributed by atoms with Crippen LogP contribution in [-0.2, 0) is 11.2 Å². The molecule has 1 N–H and O–H groups in total. The first kappa shape index (κ1) is 17.2. The van der Waals surface area contributed by atoms with Gasteiger partial charge in [-0.2, -0.15) is 0 Å². The Morgan fingerprint density at radius 1 is 1.12 bits per heavy atom. The van der Waals surface area contributed by atoms with Crippen molar-refractivity contribution in [3.63, 3.8) is 0 Å². The summed E-state index contributed by atoms with van der Waals surface area (Å²) in [4.78, 5) is 17.2. The summed E-state index contributed by atoms with van der Waals surface area (Å²) < 4.78 is 5.74. The second kappa shape index (κ2) is 7.17. The predicted molar refractivity (Wildman–Crippen MR) is 104 cm³/mol. The van der Waals surface area contributed by atoms with E-state index < -0.39 is 6.10 Å². The maximum absolute atomic E-state index is 12.5. The number of hydrogen-bond acceptors (Lipinski definition) is 4. The van der Waals surface area contributed by atoms with E-state index in [0.29, 0.717) is 11.4 Å². The number of hydrogen-bond donors (Lipinski definition) is 1. The van der Waals surface area contributed by atoms with Crippen LogP contribution in [0.25, 0.3) is 0 Å². The fourth-order valence-electron chi connectivity index (χ4n) is 3.41. The summed E-state index contributed by atoms with van der Waals surface area (Å²) >= 11 is 6.00. The summed E-state index contributed by atoms with van der Waals surface area (Å²) in [6, 6.07) is 13.5. The van der Waals surface area contributed by atoms with Crippen molar-refractivity contribution in [1.29, 1.82) is 0 Å². The molecule has 2 aliphatic heterocycles. The van der Waals surface area contributed by atoms with Crippen LogP contribution in [0.1, 0.15) is 5.56 Å². The lowest BCUT2D eigenvalue weighted by molar-refractivity contribution is -0.122. The lowest BCUT2D eigenvalue weighted by atomic mass is 10.1. The highest BCUT2D eigenvalue weighted by Crippen LogP contribution is 2.31. The number of benzene rings is 2. The molecule has 0 bridgehead atoms. The molecule has 5 nitrogen and oxygen atoms in total. The molecule has 0 aromatic heterocycles. The van der Waals surface area contributed by atoms with Crippen LogP contribution in [0.5, 0.6) is 5.75 Å². The number of rotatable bonds is 3. The average molecular weight is 372 g/mol. The first-order valence-electron chi connectivity index (χ1n) is 8.88. The van der Waals surface area contributed by atoms with E-state index in [2.05, 4.69) is 34.3 Å². The molecule has 1 atom stereocenters. The molecule has 26 heavy (non-hydrogen) atoms. The zero-order valence-electron chi connectivity index (χ0n) is 14.7. The second-order valence-corrected chi connectivity index (χ2v) is 7.33. The minimum atomic E-state index is -0.513. The summed E-state index contributed by atoms with van der Waals surface area (Å²) in [5, 5.41) is 3.61. The lowest BCUT2D eigenvalue weighted by Crippen LogP contribution is -2.44. The van der Waals surface area contributed by atoms with E-state index in [4.69, 9.17) is 16.3 Å². The molecule has 0 radical (unpaired) electrons. The van der Waals surface area contributed by atoms with Crippen molar-refractivity contribution in [1.82, 2.24) is 4.90 Å². The molecule has 2 aliphatic rings. The number of ether oxygens (including phenoxy) is 1. The van der Waals surface area contributed by atoms with E-state index >= 15 is 0 Å².